The summed E-state index contributed by atoms with van der Waals surface area (Å²) in [7, 11) is 2.23. The van der Waals surface area contributed by atoms with Crippen LogP contribution in [0.15, 0.2) is 0 Å². The normalized spacial score (nSPS) is 30.2. The second-order valence-electron chi connectivity index (χ2n) is 7.39. The predicted molar refractivity (Wildman–Crippen MR) is 82.6 cm³/mol. The summed E-state index contributed by atoms with van der Waals surface area (Å²) in [6.07, 6.45) is 6.95. The quantitative estimate of drug-likeness (QED) is 0.788. The lowest BCUT2D eigenvalue weighted by Gasteiger charge is -2.32. The maximum atomic E-state index is 3.80. The number of piperazine rings is 1. The van der Waals surface area contributed by atoms with Crippen LogP contribution in [0.2, 0.25) is 0 Å². The number of rotatable bonds is 4. The number of nitrogens with one attached hydrogen (secondary N) is 1. The van der Waals surface area contributed by atoms with E-state index in [-0.39, 0.29) is 0 Å². The number of hydrogen-bond acceptors (Lipinski definition) is 3. The Labute approximate surface area is 119 Å². The molecule has 0 bridgehead atoms. The molecule has 1 heterocycles. The van der Waals surface area contributed by atoms with E-state index in [1.54, 1.807) is 0 Å². The van der Waals surface area contributed by atoms with Crippen LogP contribution in [0.1, 0.15) is 46.0 Å². The van der Waals surface area contributed by atoms with Gasteiger partial charge in [-0.2, -0.15) is 0 Å². The third kappa shape index (κ3) is 5.41. The fourth-order valence-electron chi connectivity index (χ4n) is 3.36. The Morgan fingerprint density at radius 1 is 1.05 bits per heavy atom. The van der Waals surface area contributed by atoms with Gasteiger partial charge in [0, 0.05) is 45.3 Å². The number of likely N-dealkylation sites (N-methyl/N-ethyl adjacent to an activating group) is 1. The summed E-state index contributed by atoms with van der Waals surface area (Å²) >= 11 is 0. The van der Waals surface area contributed by atoms with E-state index in [0.717, 1.165) is 6.04 Å². The molecule has 1 aliphatic carbocycles. The zero-order chi connectivity index (χ0) is 13.7. The Hall–Kier alpha value is -0.120. The van der Waals surface area contributed by atoms with Crippen molar-refractivity contribution >= 4 is 0 Å². The monoisotopic (exact) mass is 267 g/mol. The summed E-state index contributed by atoms with van der Waals surface area (Å²) in [6, 6.07) is 0.772. The van der Waals surface area contributed by atoms with Crippen molar-refractivity contribution in [3.05, 3.63) is 0 Å². The summed E-state index contributed by atoms with van der Waals surface area (Å²) in [6.45, 7) is 12.2. The molecule has 1 N–H and O–H groups in total. The first-order valence-corrected chi connectivity index (χ1v) is 8.19. The van der Waals surface area contributed by atoms with Crippen molar-refractivity contribution in [1.29, 1.82) is 0 Å². The summed E-state index contributed by atoms with van der Waals surface area (Å²) in [5.41, 5.74) is 0.577. The Kier molecular flexibility index (Phi) is 5.67. The molecule has 0 spiro atoms. The summed E-state index contributed by atoms with van der Waals surface area (Å²) in [5, 5.41) is 3.80. The van der Waals surface area contributed by atoms with Crippen LogP contribution in [0.4, 0.5) is 0 Å². The molecule has 19 heavy (non-hydrogen) atoms. The van der Waals surface area contributed by atoms with Crippen molar-refractivity contribution in [2.24, 2.45) is 5.41 Å². The van der Waals surface area contributed by atoms with Gasteiger partial charge in [0.15, 0.2) is 0 Å². The molecule has 1 atom stereocenters. The van der Waals surface area contributed by atoms with Crippen LogP contribution >= 0.6 is 0 Å². The molecule has 1 unspecified atom stereocenters. The molecule has 1 saturated carbocycles. The van der Waals surface area contributed by atoms with Gasteiger partial charge >= 0.3 is 0 Å². The highest BCUT2D eigenvalue weighted by atomic mass is 15.2. The number of nitrogens with zero attached hydrogens (tertiary/aromatic N) is 2. The first-order chi connectivity index (χ1) is 9.05. The van der Waals surface area contributed by atoms with E-state index >= 15 is 0 Å². The maximum Gasteiger partial charge on any atom is 0.0110 e. The Balaban J connectivity index is 1.60. The minimum absolute atomic E-state index is 0.577. The van der Waals surface area contributed by atoms with E-state index < -0.39 is 0 Å². The molecule has 0 aromatic heterocycles. The third-order valence-corrected chi connectivity index (χ3v) is 5.03. The van der Waals surface area contributed by atoms with Gasteiger partial charge in [-0.1, -0.05) is 20.3 Å². The van der Waals surface area contributed by atoms with Gasteiger partial charge in [0.05, 0.1) is 0 Å². The van der Waals surface area contributed by atoms with Crippen molar-refractivity contribution in [3.8, 4) is 0 Å². The zero-order valence-corrected chi connectivity index (χ0v) is 13.2. The standard InChI is InChI=1S/C16H33N3/c1-16(2)7-4-5-15(6-8-16)17-9-10-19-13-11-18(3)12-14-19/h15,17H,4-14H2,1-3H3. The average molecular weight is 267 g/mol. The summed E-state index contributed by atoms with van der Waals surface area (Å²) < 4.78 is 0. The summed E-state index contributed by atoms with van der Waals surface area (Å²) in [5.74, 6) is 0. The van der Waals surface area contributed by atoms with E-state index in [1.807, 2.05) is 0 Å². The molecule has 0 aromatic rings. The maximum absolute atomic E-state index is 3.80. The van der Waals surface area contributed by atoms with Crippen LogP contribution in [-0.4, -0.2) is 62.2 Å². The lowest BCUT2D eigenvalue weighted by Crippen LogP contribution is -2.47. The van der Waals surface area contributed by atoms with Gasteiger partial charge in [-0.3, -0.25) is 4.90 Å². The molecule has 0 aromatic carbocycles. The van der Waals surface area contributed by atoms with E-state index in [9.17, 15) is 0 Å². The lowest BCUT2D eigenvalue weighted by atomic mass is 9.85. The largest absolute Gasteiger partial charge is 0.313 e. The van der Waals surface area contributed by atoms with E-state index in [2.05, 4.69) is 36.0 Å². The predicted octanol–water partition coefficient (Wildman–Crippen LogP) is 2.18. The molecular weight excluding hydrogens is 234 g/mol. The van der Waals surface area contributed by atoms with Crippen LogP contribution in [0.25, 0.3) is 0 Å². The minimum Gasteiger partial charge on any atom is -0.313 e. The van der Waals surface area contributed by atoms with E-state index in [0.29, 0.717) is 5.41 Å². The third-order valence-electron chi connectivity index (χ3n) is 5.03. The number of hydrogen-bond donors (Lipinski definition) is 1. The Morgan fingerprint density at radius 3 is 2.53 bits per heavy atom. The minimum atomic E-state index is 0.577. The lowest BCUT2D eigenvalue weighted by molar-refractivity contribution is 0.153. The highest BCUT2D eigenvalue weighted by molar-refractivity contribution is 4.80. The zero-order valence-electron chi connectivity index (χ0n) is 13.2. The van der Waals surface area contributed by atoms with Crippen LogP contribution in [0.3, 0.4) is 0 Å². The van der Waals surface area contributed by atoms with Gasteiger partial charge in [0.2, 0.25) is 0 Å². The average Bonchev–Trinajstić information content (AvgIpc) is 2.53. The smallest absolute Gasteiger partial charge is 0.0110 e. The van der Waals surface area contributed by atoms with Gasteiger partial charge in [-0.05, 0) is 38.1 Å². The SMILES string of the molecule is CN1CCN(CCNC2CCCC(C)(C)CC2)CC1. The van der Waals surface area contributed by atoms with Gasteiger partial charge in [-0.25, -0.2) is 0 Å². The van der Waals surface area contributed by atoms with Gasteiger partial charge in [0.1, 0.15) is 0 Å². The topological polar surface area (TPSA) is 18.5 Å². The highest BCUT2D eigenvalue weighted by Crippen LogP contribution is 2.33. The van der Waals surface area contributed by atoms with Gasteiger partial charge in [0.25, 0.3) is 0 Å². The molecule has 3 nitrogen and oxygen atoms in total. The molecule has 0 amide bonds. The second-order valence-corrected chi connectivity index (χ2v) is 7.39. The van der Waals surface area contributed by atoms with E-state index in [4.69, 9.17) is 0 Å². The van der Waals surface area contributed by atoms with Crippen LogP contribution in [-0.2, 0) is 0 Å². The first kappa shape index (κ1) is 15.3. The van der Waals surface area contributed by atoms with E-state index in [1.165, 1.54) is 71.4 Å². The molecule has 1 aliphatic heterocycles. The molecule has 2 fully saturated rings. The molecule has 2 rings (SSSR count). The molecule has 1 saturated heterocycles. The van der Waals surface area contributed by atoms with Crippen LogP contribution in [0.5, 0.6) is 0 Å². The Bertz CT molecular complexity index is 257. The second kappa shape index (κ2) is 7.05. The highest BCUT2D eigenvalue weighted by Gasteiger charge is 2.24. The van der Waals surface area contributed by atoms with Gasteiger partial charge in [-0.15, -0.1) is 0 Å². The molecular formula is C16H33N3. The van der Waals surface area contributed by atoms with Gasteiger partial charge < -0.3 is 10.2 Å². The molecule has 3 heteroatoms. The molecule has 112 valence electrons. The van der Waals surface area contributed by atoms with Crippen molar-refractivity contribution in [2.75, 3.05) is 46.3 Å². The van der Waals surface area contributed by atoms with Crippen molar-refractivity contribution in [2.45, 2.75) is 52.0 Å². The Morgan fingerprint density at radius 2 is 1.79 bits per heavy atom. The fraction of sp³-hybridized carbons (Fsp3) is 1.00. The molecule has 0 radical (unpaired) electrons. The van der Waals surface area contributed by atoms with Crippen molar-refractivity contribution < 1.29 is 0 Å². The fourth-order valence-corrected chi connectivity index (χ4v) is 3.36. The first-order valence-electron chi connectivity index (χ1n) is 8.19. The van der Waals surface area contributed by atoms with Crippen molar-refractivity contribution in [3.63, 3.8) is 0 Å². The molecule has 2 aliphatic rings. The van der Waals surface area contributed by atoms with Crippen LogP contribution < -0.4 is 5.32 Å². The van der Waals surface area contributed by atoms with Crippen LogP contribution in [0, 0.1) is 5.41 Å². The van der Waals surface area contributed by atoms with Crippen molar-refractivity contribution in [1.82, 2.24) is 15.1 Å². The summed E-state index contributed by atoms with van der Waals surface area (Å²) in [4.78, 5) is 5.03.